The minimum absolute atomic E-state index is 0.0369. The van der Waals surface area contributed by atoms with Crippen LogP contribution < -0.4 is 25.5 Å². The first kappa shape index (κ1) is 38.0. The van der Waals surface area contributed by atoms with Gasteiger partial charge in [-0.2, -0.15) is 5.10 Å². The molecule has 2 amide bonds. The van der Waals surface area contributed by atoms with Crippen LogP contribution in [0.25, 0.3) is 33.3 Å². The van der Waals surface area contributed by atoms with Crippen molar-refractivity contribution in [1.82, 2.24) is 44.4 Å². The third-order valence-corrected chi connectivity index (χ3v) is 13.8. The van der Waals surface area contributed by atoms with Crippen LogP contribution in [0.1, 0.15) is 64.3 Å². The molecule has 2 N–H and O–H groups in total. The summed E-state index contributed by atoms with van der Waals surface area (Å²) >= 11 is 0. The van der Waals surface area contributed by atoms with Gasteiger partial charge in [-0.15, -0.1) is 0 Å². The number of fused-ring (bicyclic) bond motifs is 2. The van der Waals surface area contributed by atoms with E-state index >= 15 is 0 Å². The van der Waals surface area contributed by atoms with Crippen molar-refractivity contribution in [3.05, 3.63) is 59.3 Å². The maximum atomic E-state index is 13.2. The summed E-state index contributed by atoms with van der Waals surface area (Å²) in [5, 5.41) is 11.2. The third-order valence-electron chi connectivity index (χ3n) is 13.8. The number of benzene rings is 2. The summed E-state index contributed by atoms with van der Waals surface area (Å²) in [6.07, 6.45) is 9.01. The van der Waals surface area contributed by atoms with Crippen molar-refractivity contribution >= 4 is 45.3 Å². The minimum atomic E-state index is -0.677. The molecule has 5 fully saturated rings. The highest BCUT2D eigenvalue weighted by atomic mass is 16.5. The van der Waals surface area contributed by atoms with Crippen molar-refractivity contribution in [2.24, 2.45) is 18.9 Å². The number of H-pyrrole nitrogens is 1. The molecule has 5 aromatic rings. The number of imide groups is 1. The number of aromatic nitrogens is 6. The molecule has 7 heterocycles. The lowest BCUT2D eigenvalue weighted by atomic mass is 9.94. The Kier molecular flexibility index (Phi) is 9.90. The van der Waals surface area contributed by atoms with Gasteiger partial charge in [0.1, 0.15) is 35.2 Å². The fourth-order valence-electron chi connectivity index (χ4n) is 9.85. The van der Waals surface area contributed by atoms with Crippen molar-refractivity contribution in [1.29, 1.82) is 0 Å². The van der Waals surface area contributed by atoms with Crippen LogP contribution in [0, 0.1) is 11.8 Å². The second kappa shape index (κ2) is 15.4. The van der Waals surface area contributed by atoms with Crippen LogP contribution in [-0.2, 0) is 16.6 Å². The number of ether oxygens (including phenoxy) is 1. The molecular weight excluding hydrogens is 747 g/mol. The van der Waals surface area contributed by atoms with E-state index in [1.165, 1.54) is 6.54 Å². The van der Waals surface area contributed by atoms with Gasteiger partial charge in [0.15, 0.2) is 0 Å². The van der Waals surface area contributed by atoms with Gasteiger partial charge in [-0.1, -0.05) is 0 Å². The number of rotatable bonds is 10. The number of carbonyl (C=O) groups excluding carboxylic acids is 2. The molecule has 4 saturated heterocycles. The smallest absolute Gasteiger partial charge is 0.329 e. The number of imidazole rings is 1. The zero-order chi connectivity index (χ0) is 40.3. The van der Waals surface area contributed by atoms with E-state index in [1.807, 2.05) is 18.2 Å². The number of piperidine rings is 3. The number of carbonyl (C=O) groups is 2. The van der Waals surface area contributed by atoms with Crippen molar-refractivity contribution in [2.75, 3.05) is 75.2 Å². The average molecular weight is 802 g/mol. The second-order valence-corrected chi connectivity index (χ2v) is 17.9. The van der Waals surface area contributed by atoms with Gasteiger partial charge in [-0.3, -0.25) is 29.1 Å². The SMILES string of the molecule is Cn1c(=O)n(C2CCC(=O)NC2=O)c2cc(N3CCC(CN4CCN(CC5CCN(c6cc(-c7n[nH]c8ccc(OC9(C)CC9)cc78)ncn6)CC5)CC4)CC3)ccc21. The molecule has 15 nitrogen and oxygen atoms in total. The van der Waals surface area contributed by atoms with Gasteiger partial charge in [-0.25, -0.2) is 14.8 Å². The normalized spacial score (nSPS) is 22.4. The number of nitrogens with one attached hydrogen (secondary N) is 2. The molecule has 1 atom stereocenters. The van der Waals surface area contributed by atoms with Gasteiger partial charge < -0.3 is 24.3 Å². The standard InChI is InChI=1S/C44H55N11O4/c1-44(13-14-44)59-32-4-5-34-33(24-32)41(49-48-34)35-25-39(46-28-45-35)54-17-11-30(12-18-54)27-52-21-19-51(20-22-52)26-29-9-15-53(16-10-29)31-3-6-36-38(23-31)55(43(58)50(36)2)37-7-8-40(56)47-42(37)57/h3-6,23-25,28-30,37H,7-22,26-27H2,1-2H3,(H,48,49)(H,47,56,57). The van der Waals surface area contributed by atoms with E-state index < -0.39 is 11.9 Å². The number of aryl methyl sites for hydroxylation is 1. The Morgan fingerprint density at radius 2 is 1.47 bits per heavy atom. The Labute approximate surface area is 343 Å². The number of hydrogen-bond donors (Lipinski definition) is 2. The summed E-state index contributed by atoms with van der Waals surface area (Å²) in [7, 11) is 1.74. The number of anilines is 2. The van der Waals surface area contributed by atoms with Crippen molar-refractivity contribution in [3.8, 4) is 17.1 Å². The summed E-state index contributed by atoms with van der Waals surface area (Å²) in [6.45, 7) is 12.9. The Balaban J connectivity index is 0.683. The van der Waals surface area contributed by atoms with Crippen LogP contribution in [0.4, 0.5) is 11.5 Å². The molecule has 59 heavy (non-hydrogen) atoms. The van der Waals surface area contributed by atoms with E-state index in [0.29, 0.717) is 18.3 Å². The molecule has 0 radical (unpaired) electrons. The van der Waals surface area contributed by atoms with E-state index in [-0.39, 0.29) is 23.6 Å². The summed E-state index contributed by atoms with van der Waals surface area (Å²) < 4.78 is 9.41. The summed E-state index contributed by atoms with van der Waals surface area (Å²) in [6, 6.07) is 13.7. The van der Waals surface area contributed by atoms with Crippen LogP contribution in [0.2, 0.25) is 0 Å². The topological polar surface area (TPSA) is 150 Å². The maximum Gasteiger partial charge on any atom is 0.329 e. The first-order valence-corrected chi connectivity index (χ1v) is 21.7. The van der Waals surface area contributed by atoms with Crippen LogP contribution in [-0.4, -0.2) is 122 Å². The first-order valence-electron chi connectivity index (χ1n) is 21.7. The van der Waals surface area contributed by atoms with Crippen LogP contribution in [0.3, 0.4) is 0 Å². The summed E-state index contributed by atoms with van der Waals surface area (Å²) in [4.78, 5) is 57.2. The number of piperazine rings is 1. The largest absolute Gasteiger partial charge is 0.488 e. The molecule has 310 valence electrons. The molecule has 10 rings (SSSR count). The molecule has 0 spiro atoms. The lowest BCUT2D eigenvalue weighted by molar-refractivity contribution is -0.135. The second-order valence-electron chi connectivity index (χ2n) is 17.9. The molecular formula is C44H55N11O4. The Bertz CT molecular complexity index is 2430. The van der Waals surface area contributed by atoms with Gasteiger partial charge >= 0.3 is 5.69 Å². The van der Waals surface area contributed by atoms with E-state index in [9.17, 15) is 14.4 Å². The van der Waals surface area contributed by atoms with Crippen LogP contribution in [0.15, 0.2) is 53.6 Å². The van der Waals surface area contributed by atoms with Gasteiger partial charge in [0.05, 0.1) is 22.2 Å². The highest BCUT2D eigenvalue weighted by molar-refractivity contribution is 6.00. The van der Waals surface area contributed by atoms with Gasteiger partial charge in [0.2, 0.25) is 11.8 Å². The Morgan fingerprint density at radius 3 is 2.15 bits per heavy atom. The zero-order valence-electron chi connectivity index (χ0n) is 34.2. The van der Waals surface area contributed by atoms with Crippen LogP contribution in [0.5, 0.6) is 5.75 Å². The molecule has 1 saturated carbocycles. The monoisotopic (exact) mass is 801 g/mol. The lowest BCUT2D eigenvalue weighted by Crippen LogP contribution is -2.50. The number of hydrogen-bond acceptors (Lipinski definition) is 11. The average Bonchev–Trinajstić information content (AvgIpc) is 3.73. The van der Waals surface area contributed by atoms with Crippen molar-refractivity contribution in [3.63, 3.8) is 0 Å². The summed E-state index contributed by atoms with van der Waals surface area (Å²) in [5.74, 6) is 2.52. The fourth-order valence-corrected chi connectivity index (χ4v) is 9.85. The van der Waals surface area contributed by atoms with E-state index in [4.69, 9.17) is 4.74 Å². The third kappa shape index (κ3) is 7.70. The molecule has 4 aliphatic heterocycles. The van der Waals surface area contributed by atoms with Gasteiger partial charge in [0.25, 0.3) is 0 Å². The number of aromatic amines is 1. The van der Waals surface area contributed by atoms with E-state index in [0.717, 1.165) is 148 Å². The minimum Gasteiger partial charge on any atom is -0.488 e. The molecule has 0 bridgehead atoms. The molecule has 2 aromatic carbocycles. The predicted octanol–water partition coefficient (Wildman–Crippen LogP) is 4.33. The highest BCUT2D eigenvalue weighted by Gasteiger charge is 2.40. The van der Waals surface area contributed by atoms with Crippen molar-refractivity contribution < 1.29 is 14.3 Å². The van der Waals surface area contributed by atoms with E-state index in [1.54, 1.807) is 22.5 Å². The predicted molar refractivity (Wildman–Crippen MR) is 227 cm³/mol. The van der Waals surface area contributed by atoms with E-state index in [2.05, 4.69) is 76.3 Å². The zero-order valence-corrected chi connectivity index (χ0v) is 34.2. The maximum absolute atomic E-state index is 13.2. The molecule has 5 aliphatic rings. The quantitative estimate of drug-likeness (QED) is 0.195. The van der Waals surface area contributed by atoms with Gasteiger partial charge in [0, 0.05) is 96.1 Å². The van der Waals surface area contributed by atoms with Gasteiger partial charge in [-0.05, 0) is 100 Å². The van der Waals surface area contributed by atoms with Crippen molar-refractivity contribution in [2.45, 2.75) is 69.9 Å². The van der Waals surface area contributed by atoms with Crippen LogP contribution >= 0.6 is 0 Å². The molecule has 3 aromatic heterocycles. The molecule has 1 unspecified atom stereocenters. The highest BCUT2D eigenvalue weighted by Crippen LogP contribution is 2.41. The molecule has 15 heteroatoms. The summed E-state index contributed by atoms with van der Waals surface area (Å²) in [5.41, 5.74) is 4.99. The fraction of sp³-hybridized carbons (Fsp3) is 0.545. The number of nitrogens with zero attached hydrogens (tertiary/aromatic N) is 9. The number of amides is 2. The first-order chi connectivity index (χ1) is 28.7. The lowest BCUT2D eigenvalue weighted by Gasteiger charge is -2.41. The Morgan fingerprint density at radius 1 is 0.780 bits per heavy atom. The Hall–Kier alpha value is -5.28. The molecule has 1 aliphatic carbocycles.